The predicted octanol–water partition coefficient (Wildman–Crippen LogP) is 2.09. The van der Waals surface area contributed by atoms with Crippen LogP contribution >= 0.6 is 11.3 Å². The number of hydrogen-bond acceptors (Lipinski definition) is 6. The first-order chi connectivity index (χ1) is 8.22. The lowest BCUT2D eigenvalue weighted by Crippen LogP contribution is -2.03. The second-order valence-corrected chi connectivity index (χ2v) is 4.24. The van der Waals surface area contributed by atoms with Gasteiger partial charge in [-0.2, -0.15) is 0 Å². The summed E-state index contributed by atoms with van der Waals surface area (Å²) in [6, 6.07) is 0. The van der Waals surface area contributed by atoms with Crippen LogP contribution in [0.5, 0.6) is 0 Å². The lowest BCUT2D eigenvalue weighted by Gasteiger charge is -1.97. The average molecular weight is 249 g/mol. The molecule has 6 heteroatoms. The fourth-order valence-corrected chi connectivity index (χ4v) is 2.22. The molecule has 2 heterocycles. The maximum atomic E-state index is 11.6. The predicted molar refractivity (Wildman–Crippen MR) is 63.8 cm³/mol. The summed E-state index contributed by atoms with van der Waals surface area (Å²) >= 11 is 1.27. The second kappa shape index (κ2) is 5.01. The van der Waals surface area contributed by atoms with Crippen molar-refractivity contribution in [2.24, 2.45) is 0 Å². The number of thiazole rings is 1. The molecule has 0 aliphatic heterocycles. The smallest absolute Gasteiger partial charge is 0.350 e. The van der Waals surface area contributed by atoms with E-state index in [9.17, 15) is 4.79 Å². The second-order valence-electron chi connectivity index (χ2n) is 3.24. The Balaban J connectivity index is 2.34. The van der Waals surface area contributed by atoms with Crippen LogP contribution in [0.4, 0.5) is 0 Å². The van der Waals surface area contributed by atoms with E-state index in [-0.39, 0.29) is 5.97 Å². The van der Waals surface area contributed by atoms with Gasteiger partial charge in [0.2, 0.25) is 0 Å². The molecule has 0 unspecified atom stereocenters. The van der Waals surface area contributed by atoms with Gasteiger partial charge in [0.1, 0.15) is 15.6 Å². The Labute approximate surface area is 103 Å². The van der Waals surface area contributed by atoms with Gasteiger partial charge in [0.25, 0.3) is 0 Å². The van der Waals surface area contributed by atoms with Crippen LogP contribution in [0.1, 0.15) is 22.3 Å². The number of rotatable bonds is 3. The molecule has 5 nitrogen and oxygen atoms in total. The van der Waals surface area contributed by atoms with Crippen LogP contribution in [-0.2, 0) is 4.74 Å². The minimum atomic E-state index is -0.336. The normalized spacial score (nSPS) is 10.2. The summed E-state index contributed by atoms with van der Waals surface area (Å²) < 4.78 is 4.95. The first-order valence-corrected chi connectivity index (χ1v) is 5.95. The molecule has 0 aliphatic carbocycles. The summed E-state index contributed by atoms with van der Waals surface area (Å²) in [7, 11) is 0. The van der Waals surface area contributed by atoms with Crippen molar-refractivity contribution in [3.8, 4) is 10.7 Å². The van der Waals surface area contributed by atoms with Gasteiger partial charge in [0.05, 0.1) is 18.5 Å². The van der Waals surface area contributed by atoms with Gasteiger partial charge in [0.15, 0.2) is 0 Å². The molecule has 17 heavy (non-hydrogen) atoms. The number of hydrogen-bond donors (Lipinski definition) is 0. The van der Waals surface area contributed by atoms with Crippen molar-refractivity contribution in [1.29, 1.82) is 0 Å². The number of carbonyl (C=O) groups is 1. The van der Waals surface area contributed by atoms with Crippen LogP contribution in [0.3, 0.4) is 0 Å². The molecule has 0 radical (unpaired) electrons. The first-order valence-electron chi connectivity index (χ1n) is 5.13. The molecule has 0 aliphatic rings. The summed E-state index contributed by atoms with van der Waals surface area (Å²) in [6.45, 7) is 3.91. The molecular weight excluding hydrogens is 238 g/mol. The summed E-state index contributed by atoms with van der Waals surface area (Å²) in [5.74, 6) is -0.336. The molecule has 2 rings (SSSR count). The first kappa shape index (κ1) is 11.7. The van der Waals surface area contributed by atoms with E-state index in [1.54, 1.807) is 32.4 Å². The van der Waals surface area contributed by atoms with Gasteiger partial charge in [-0.25, -0.2) is 9.78 Å². The number of nitrogens with zero attached hydrogens (tertiary/aromatic N) is 3. The number of carbonyl (C=O) groups excluding carboxylic acids is 1. The minimum Gasteiger partial charge on any atom is -0.462 e. The number of aromatic nitrogens is 3. The standard InChI is InChI=1S/C11H11N3O2S/c1-3-16-11(15)9-7(2)14-10(17-9)8-6-12-4-5-13-8/h4-6H,3H2,1-2H3. The molecule has 0 amide bonds. The zero-order valence-corrected chi connectivity index (χ0v) is 10.3. The van der Waals surface area contributed by atoms with Gasteiger partial charge in [-0.15, -0.1) is 11.3 Å². The molecule has 0 atom stereocenters. The lowest BCUT2D eigenvalue weighted by atomic mass is 10.4. The van der Waals surface area contributed by atoms with Crippen molar-refractivity contribution in [1.82, 2.24) is 15.0 Å². The van der Waals surface area contributed by atoms with Crippen molar-refractivity contribution < 1.29 is 9.53 Å². The van der Waals surface area contributed by atoms with Crippen molar-refractivity contribution >= 4 is 17.3 Å². The third-order valence-electron chi connectivity index (χ3n) is 2.04. The van der Waals surface area contributed by atoms with Gasteiger partial charge in [-0.3, -0.25) is 9.97 Å². The third kappa shape index (κ3) is 2.47. The van der Waals surface area contributed by atoms with Gasteiger partial charge in [-0.05, 0) is 13.8 Å². The molecular formula is C11H11N3O2S. The number of esters is 1. The quantitative estimate of drug-likeness (QED) is 0.779. The molecule has 0 spiro atoms. The van der Waals surface area contributed by atoms with Crippen LogP contribution in [0.15, 0.2) is 18.6 Å². The molecule has 0 saturated carbocycles. The fraction of sp³-hybridized carbons (Fsp3) is 0.273. The highest BCUT2D eigenvalue weighted by atomic mass is 32.1. The summed E-state index contributed by atoms with van der Waals surface area (Å²) in [5.41, 5.74) is 1.32. The summed E-state index contributed by atoms with van der Waals surface area (Å²) in [6.07, 6.45) is 4.81. The van der Waals surface area contributed by atoms with Crippen molar-refractivity contribution in [2.75, 3.05) is 6.61 Å². The van der Waals surface area contributed by atoms with Crippen LogP contribution in [0.2, 0.25) is 0 Å². The van der Waals surface area contributed by atoms with E-state index in [1.807, 2.05) is 0 Å². The minimum absolute atomic E-state index is 0.336. The van der Waals surface area contributed by atoms with E-state index in [0.717, 1.165) is 0 Å². The largest absolute Gasteiger partial charge is 0.462 e. The third-order valence-corrected chi connectivity index (χ3v) is 3.20. The van der Waals surface area contributed by atoms with Crippen LogP contribution in [-0.4, -0.2) is 27.5 Å². The van der Waals surface area contributed by atoms with Crippen LogP contribution in [0.25, 0.3) is 10.7 Å². The topological polar surface area (TPSA) is 65.0 Å². The van der Waals surface area contributed by atoms with Crippen molar-refractivity contribution in [2.45, 2.75) is 13.8 Å². The Morgan fingerprint density at radius 3 is 2.94 bits per heavy atom. The van der Waals surface area contributed by atoms with Gasteiger partial charge in [0, 0.05) is 12.4 Å². The molecule has 2 aromatic heterocycles. The summed E-state index contributed by atoms with van der Waals surface area (Å²) in [4.78, 5) is 24.6. The Morgan fingerprint density at radius 2 is 2.29 bits per heavy atom. The van der Waals surface area contributed by atoms with E-state index >= 15 is 0 Å². The molecule has 0 aromatic carbocycles. The summed E-state index contributed by atoms with van der Waals surface area (Å²) in [5, 5.41) is 0.679. The van der Waals surface area contributed by atoms with Gasteiger partial charge < -0.3 is 4.74 Å². The molecule has 2 aromatic rings. The monoisotopic (exact) mass is 249 g/mol. The maximum Gasteiger partial charge on any atom is 0.350 e. The van der Waals surface area contributed by atoms with Gasteiger partial charge >= 0.3 is 5.97 Å². The van der Waals surface area contributed by atoms with E-state index in [2.05, 4.69) is 15.0 Å². The average Bonchev–Trinajstić information content (AvgIpc) is 2.73. The molecule has 0 saturated heterocycles. The molecule has 0 N–H and O–H groups in total. The van der Waals surface area contributed by atoms with Crippen LogP contribution in [0, 0.1) is 6.92 Å². The van der Waals surface area contributed by atoms with Crippen LogP contribution < -0.4 is 0 Å². The zero-order chi connectivity index (χ0) is 12.3. The highest BCUT2D eigenvalue weighted by Crippen LogP contribution is 2.26. The number of ether oxygens (including phenoxy) is 1. The highest BCUT2D eigenvalue weighted by molar-refractivity contribution is 7.17. The Morgan fingerprint density at radius 1 is 1.47 bits per heavy atom. The van der Waals surface area contributed by atoms with E-state index in [1.165, 1.54) is 11.3 Å². The van der Waals surface area contributed by atoms with E-state index < -0.39 is 0 Å². The lowest BCUT2D eigenvalue weighted by molar-refractivity contribution is 0.0531. The Kier molecular flexibility index (Phi) is 3.43. The Hall–Kier alpha value is -1.82. The maximum absolute atomic E-state index is 11.6. The number of aryl methyl sites for hydroxylation is 1. The fourth-order valence-electron chi connectivity index (χ4n) is 1.30. The van der Waals surface area contributed by atoms with Crippen molar-refractivity contribution in [3.63, 3.8) is 0 Å². The molecule has 0 fully saturated rings. The van der Waals surface area contributed by atoms with Gasteiger partial charge in [-0.1, -0.05) is 0 Å². The SMILES string of the molecule is CCOC(=O)c1sc(-c2cnccn2)nc1C. The van der Waals surface area contributed by atoms with E-state index in [4.69, 9.17) is 4.74 Å². The zero-order valence-electron chi connectivity index (χ0n) is 9.51. The highest BCUT2D eigenvalue weighted by Gasteiger charge is 2.17. The van der Waals surface area contributed by atoms with E-state index in [0.29, 0.717) is 27.9 Å². The van der Waals surface area contributed by atoms with Crippen molar-refractivity contribution in [3.05, 3.63) is 29.2 Å². The Bertz CT molecular complexity index is 525. The molecule has 88 valence electrons. The molecule has 0 bridgehead atoms.